The SMILES string of the molecule is C#CCS(=O)(=O)c1ccccc1C. The first-order chi connectivity index (χ1) is 6.08. The number of aryl methyl sites for hydroxylation is 1. The van der Waals surface area contributed by atoms with E-state index in [1.807, 2.05) is 0 Å². The maximum absolute atomic E-state index is 11.5. The fourth-order valence-corrected chi connectivity index (χ4v) is 2.31. The summed E-state index contributed by atoms with van der Waals surface area (Å²) in [5.41, 5.74) is 0.734. The molecule has 0 aliphatic carbocycles. The minimum Gasteiger partial charge on any atom is -0.223 e. The van der Waals surface area contributed by atoms with Gasteiger partial charge in [-0.2, -0.15) is 0 Å². The second-order valence-electron chi connectivity index (χ2n) is 2.73. The lowest BCUT2D eigenvalue weighted by Crippen LogP contribution is -2.06. The maximum Gasteiger partial charge on any atom is 0.189 e. The topological polar surface area (TPSA) is 34.1 Å². The van der Waals surface area contributed by atoms with Crippen LogP contribution in [-0.2, 0) is 9.84 Å². The van der Waals surface area contributed by atoms with Crippen LogP contribution in [0.25, 0.3) is 0 Å². The summed E-state index contributed by atoms with van der Waals surface area (Å²) in [5.74, 6) is 1.91. The van der Waals surface area contributed by atoms with Gasteiger partial charge in [-0.25, -0.2) is 8.42 Å². The van der Waals surface area contributed by atoms with E-state index in [1.165, 1.54) is 0 Å². The fourth-order valence-electron chi connectivity index (χ4n) is 1.09. The number of sulfone groups is 1. The molecule has 0 fully saturated rings. The summed E-state index contributed by atoms with van der Waals surface area (Å²) < 4.78 is 23.0. The second-order valence-corrected chi connectivity index (χ2v) is 4.69. The molecule has 0 heterocycles. The zero-order chi connectivity index (χ0) is 9.90. The van der Waals surface area contributed by atoms with E-state index in [0.717, 1.165) is 5.56 Å². The Balaban J connectivity index is 3.25. The van der Waals surface area contributed by atoms with Gasteiger partial charge in [-0.05, 0) is 18.6 Å². The Morgan fingerprint density at radius 2 is 2.00 bits per heavy atom. The van der Waals surface area contributed by atoms with Gasteiger partial charge in [-0.15, -0.1) is 6.42 Å². The van der Waals surface area contributed by atoms with Crippen LogP contribution in [-0.4, -0.2) is 14.2 Å². The molecule has 0 aromatic heterocycles. The summed E-state index contributed by atoms with van der Waals surface area (Å²) in [4.78, 5) is 0.327. The highest BCUT2D eigenvalue weighted by Gasteiger charge is 2.14. The minimum absolute atomic E-state index is 0.238. The van der Waals surface area contributed by atoms with Gasteiger partial charge in [0.2, 0.25) is 0 Å². The molecule has 0 N–H and O–H groups in total. The van der Waals surface area contributed by atoms with Gasteiger partial charge in [0.25, 0.3) is 0 Å². The van der Waals surface area contributed by atoms with Crippen molar-refractivity contribution in [2.24, 2.45) is 0 Å². The third-order valence-electron chi connectivity index (χ3n) is 1.70. The molecule has 1 aromatic rings. The quantitative estimate of drug-likeness (QED) is 0.667. The van der Waals surface area contributed by atoms with Gasteiger partial charge in [0.15, 0.2) is 9.84 Å². The number of rotatable bonds is 2. The number of hydrogen-bond donors (Lipinski definition) is 0. The first-order valence-corrected chi connectivity index (χ1v) is 5.45. The van der Waals surface area contributed by atoms with Crippen LogP contribution in [0, 0.1) is 19.3 Å². The molecule has 1 aromatic carbocycles. The molecule has 0 amide bonds. The molecule has 0 spiro atoms. The van der Waals surface area contributed by atoms with Gasteiger partial charge in [-0.1, -0.05) is 24.1 Å². The average Bonchev–Trinajstić information content (AvgIpc) is 2.04. The van der Waals surface area contributed by atoms with Crippen molar-refractivity contribution in [2.75, 3.05) is 5.75 Å². The van der Waals surface area contributed by atoms with Gasteiger partial charge in [-0.3, -0.25) is 0 Å². The third kappa shape index (κ3) is 2.10. The fraction of sp³-hybridized carbons (Fsp3) is 0.200. The predicted molar refractivity (Wildman–Crippen MR) is 52.1 cm³/mol. The predicted octanol–water partition coefficient (Wildman–Crippen LogP) is 1.40. The third-order valence-corrected chi connectivity index (χ3v) is 3.38. The Labute approximate surface area is 78.5 Å². The van der Waals surface area contributed by atoms with Crippen molar-refractivity contribution in [3.63, 3.8) is 0 Å². The van der Waals surface area contributed by atoms with Crippen LogP contribution in [0.4, 0.5) is 0 Å². The first kappa shape index (κ1) is 9.82. The standard InChI is InChI=1S/C10H10O2S/c1-3-8-13(11,12)10-7-5-4-6-9(10)2/h1,4-7H,8H2,2H3. The van der Waals surface area contributed by atoms with Crippen molar-refractivity contribution in [1.29, 1.82) is 0 Å². The lowest BCUT2D eigenvalue weighted by atomic mass is 10.2. The highest BCUT2D eigenvalue weighted by atomic mass is 32.2. The molecule has 68 valence electrons. The smallest absolute Gasteiger partial charge is 0.189 e. The monoisotopic (exact) mass is 194 g/mol. The Bertz CT molecular complexity index is 438. The average molecular weight is 194 g/mol. The first-order valence-electron chi connectivity index (χ1n) is 3.80. The van der Waals surface area contributed by atoms with Crippen LogP contribution >= 0.6 is 0 Å². The summed E-state index contributed by atoms with van der Waals surface area (Å²) >= 11 is 0. The summed E-state index contributed by atoms with van der Waals surface area (Å²) in [7, 11) is -3.28. The van der Waals surface area contributed by atoms with E-state index in [0.29, 0.717) is 4.90 Å². The zero-order valence-electron chi connectivity index (χ0n) is 7.32. The van der Waals surface area contributed by atoms with Crippen LogP contribution in [0.15, 0.2) is 29.2 Å². The highest BCUT2D eigenvalue weighted by Crippen LogP contribution is 2.15. The number of benzene rings is 1. The molecule has 0 aliphatic rings. The number of hydrogen-bond acceptors (Lipinski definition) is 2. The molecule has 0 unspecified atom stereocenters. The molecular formula is C10H10O2S. The van der Waals surface area contributed by atoms with Crippen LogP contribution in [0.1, 0.15) is 5.56 Å². The molecule has 0 atom stereocenters. The maximum atomic E-state index is 11.5. The largest absolute Gasteiger partial charge is 0.223 e. The van der Waals surface area contributed by atoms with E-state index in [4.69, 9.17) is 6.42 Å². The van der Waals surface area contributed by atoms with E-state index in [1.54, 1.807) is 31.2 Å². The summed E-state index contributed by atoms with van der Waals surface area (Å²) in [6.45, 7) is 1.75. The van der Waals surface area contributed by atoms with Gasteiger partial charge < -0.3 is 0 Å². The van der Waals surface area contributed by atoms with Crippen molar-refractivity contribution in [3.8, 4) is 12.3 Å². The molecular weight excluding hydrogens is 184 g/mol. The van der Waals surface area contributed by atoms with E-state index < -0.39 is 9.84 Å². The lowest BCUT2D eigenvalue weighted by Gasteiger charge is -2.03. The molecule has 0 saturated heterocycles. The van der Waals surface area contributed by atoms with Crippen molar-refractivity contribution in [1.82, 2.24) is 0 Å². The van der Waals surface area contributed by atoms with Crippen molar-refractivity contribution >= 4 is 9.84 Å². The van der Waals surface area contributed by atoms with Gasteiger partial charge >= 0.3 is 0 Å². The molecule has 0 bridgehead atoms. The molecule has 1 rings (SSSR count). The van der Waals surface area contributed by atoms with E-state index in [-0.39, 0.29) is 5.75 Å². The summed E-state index contributed by atoms with van der Waals surface area (Å²) in [6, 6.07) is 6.81. The Morgan fingerprint density at radius 1 is 1.38 bits per heavy atom. The highest BCUT2D eigenvalue weighted by molar-refractivity contribution is 7.91. The molecule has 0 aliphatic heterocycles. The lowest BCUT2D eigenvalue weighted by molar-refractivity contribution is 0.599. The number of terminal acetylenes is 1. The van der Waals surface area contributed by atoms with Gasteiger partial charge in [0.05, 0.1) is 4.90 Å². The molecule has 3 heteroatoms. The van der Waals surface area contributed by atoms with Crippen molar-refractivity contribution < 1.29 is 8.42 Å². The summed E-state index contributed by atoms with van der Waals surface area (Å²) in [5, 5.41) is 0. The molecule has 0 radical (unpaired) electrons. The normalized spacial score (nSPS) is 10.8. The van der Waals surface area contributed by atoms with Crippen molar-refractivity contribution in [3.05, 3.63) is 29.8 Å². The van der Waals surface area contributed by atoms with Crippen LogP contribution in [0.2, 0.25) is 0 Å². The van der Waals surface area contributed by atoms with E-state index in [9.17, 15) is 8.42 Å². The van der Waals surface area contributed by atoms with Gasteiger partial charge in [0.1, 0.15) is 5.75 Å². The second kappa shape index (κ2) is 3.63. The van der Waals surface area contributed by atoms with E-state index in [2.05, 4.69) is 5.92 Å². The van der Waals surface area contributed by atoms with Crippen LogP contribution < -0.4 is 0 Å². The Hall–Kier alpha value is -1.27. The minimum atomic E-state index is -3.28. The van der Waals surface area contributed by atoms with Crippen LogP contribution in [0.5, 0.6) is 0 Å². The van der Waals surface area contributed by atoms with Crippen molar-refractivity contribution in [2.45, 2.75) is 11.8 Å². The zero-order valence-corrected chi connectivity index (χ0v) is 8.14. The molecule has 13 heavy (non-hydrogen) atoms. The van der Waals surface area contributed by atoms with Crippen LogP contribution in [0.3, 0.4) is 0 Å². The summed E-state index contributed by atoms with van der Waals surface area (Å²) in [6.07, 6.45) is 4.97. The molecule has 0 saturated carbocycles. The van der Waals surface area contributed by atoms with Gasteiger partial charge in [0, 0.05) is 0 Å². The Morgan fingerprint density at radius 3 is 2.54 bits per heavy atom. The van der Waals surface area contributed by atoms with E-state index >= 15 is 0 Å². The molecule has 2 nitrogen and oxygen atoms in total. The Kier molecular flexibility index (Phi) is 2.74.